The van der Waals surface area contributed by atoms with Crippen molar-refractivity contribution >= 4 is 11.7 Å². The Labute approximate surface area is 116 Å². The number of rotatable bonds is 6. The first-order valence-corrected chi connectivity index (χ1v) is 6.33. The minimum Gasteiger partial charge on any atom is -0.481 e. The van der Waals surface area contributed by atoms with Crippen molar-refractivity contribution in [1.29, 1.82) is 0 Å². The van der Waals surface area contributed by atoms with Crippen LogP contribution in [0.25, 0.3) is 11.4 Å². The number of carbonyl (C=O) groups is 1. The van der Waals surface area contributed by atoms with Crippen LogP contribution < -0.4 is 4.90 Å². The molecule has 0 fully saturated rings. The summed E-state index contributed by atoms with van der Waals surface area (Å²) in [5.74, 6) is -0.157. The molecule has 0 amide bonds. The van der Waals surface area contributed by atoms with Crippen LogP contribution in [-0.4, -0.2) is 45.4 Å². The average Bonchev–Trinajstić information content (AvgIpc) is 2.87. The predicted octanol–water partition coefficient (Wildman–Crippen LogP) is 1.27. The SMILES string of the molecule is CN(C)c1ccc(-c2nnnn2CCCC(=O)O)cc1. The van der Waals surface area contributed by atoms with Crippen LogP contribution >= 0.6 is 0 Å². The van der Waals surface area contributed by atoms with E-state index in [1.165, 1.54) is 0 Å². The largest absolute Gasteiger partial charge is 0.481 e. The monoisotopic (exact) mass is 275 g/mol. The number of benzene rings is 1. The number of nitrogens with zero attached hydrogens (tertiary/aromatic N) is 5. The molecule has 2 aromatic rings. The van der Waals surface area contributed by atoms with Gasteiger partial charge < -0.3 is 10.0 Å². The molecular weight excluding hydrogens is 258 g/mol. The first kappa shape index (κ1) is 14.0. The maximum absolute atomic E-state index is 10.5. The Balaban J connectivity index is 2.12. The van der Waals surface area contributed by atoms with E-state index in [0.29, 0.717) is 18.8 Å². The molecule has 0 radical (unpaired) electrons. The predicted molar refractivity (Wildman–Crippen MR) is 74.4 cm³/mol. The minimum atomic E-state index is -0.810. The Bertz CT molecular complexity index is 577. The van der Waals surface area contributed by atoms with Crippen LogP contribution in [0.2, 0.25) is 0 Å². The van der Waals surface area contributed by atoms with Crippen molar-refractivity contribution in [3.8, 4) is 11.4 Å². The maximum Gasteiger partial charge on any atom is 0.303 e. The zero-order valence-electron chi connectivity index (χ0n) is 11.5. The summed E-state index contributed by atoms with van der Waals surface area (Å²) in [6.45, 7) is 0.490. The van der Waals surface area contributed by atoms with Gasteiger partial charge in [0.25, 0.3) is 0 Å². The molecule has 0 spiro atoms. The Morgan fingerprint density at radius 2 is 2.00 bits per heavy atom. The molecule has 1 aromatic carbocycles. The van der Waals surface area contributed by atoms with Crippen LogP contribution in [0.1, 0.15) is 12.8 Å². The second-order valence-electron chi connectivity index (χ2n) is 4.66. The Morgan fingerprint density at radius 3 is 2.60 bits per heavy atom. The van der Waals surface area contributed by atoms with Gasteiger partial charge in [-0.1, -0.05) is 0 Å². The number of aliphatic carboxylic acids is 1. The molecule has 0 atom stereocenters. The van der Waals surface area contributed by atoms with Crippen molar-refractivity contribution in [3.63, 3.8) is 0 Å². The van der Waals surface area contributed by atoms with Crippen LogP contribution in [0.3, 0.4) is 0 Å². The Kier molecular flexibility index (Phi) is 4.29. The third-order valence-electron chi connectivity index (χ3n) is 2.93. The summed E-state index contributed by atoms with van der Waals surface area (Å²) < 4.78 is 1.63. The molecule has 0 saturated carbocycles. The molecule has 7 nitrogen and oxygen atoms in total. The normalized spacial score (nSPS) is 10.5. The lowest BCUT2D eigenvalue weighted by Gasteiger charge is -2.12. The van der Waals surface area contributed by atoms with E-state index in [1.807, 2.05) is 43.3 Å². The van der Waals surface area contributed by atoms with E-state index < -0.39 is 5.97 Å². The molecule has 0 saturated heterocycles. The Hall–Kier alpha value is -2.44. The van der Waals surface area contributed by atoms with Crippen molar-refractivity contribution in [1.82, 2.24) is 20.2 Å². The second kappa shape index (κ2) is 6.14. The lowest BCUT2D eigenvalue weighted by molar-refractivity contribution is -0.137. The highest BCUT2D eigenvalue weighted by molar-refractivity contribution is 5.66. The summed E-state index contributed by atoms with van der Waals surface area (Å²) in [6, 6.07) is 7.89. The van der Waals surface area contributed by atoms with E-state index in [1.54, 1.807) is 4.68 Å². The summed E-state index contributed by atoms with van der Waals surface area (Å²) in [6.07, 6.45) is 0.613. The molecule has 106 valence electrons. The molecular formula is C13H17N5O2. The standard InChI is InChI=1S/C13H17N5O2/c1-17(2)11-7-5-10(6-8-11)13-14-15-16-18(13)9-3-4-12(19)20/h5-8H,3-4,9H2,1-2H3,(H,19,20). The van der Waals surface area contributed by atoms with Gasteiger partial charge in [-0.2, -0.15) is 0 Å². The minimum absolute atomic E-state index is 0.110. The molecule has 20 heavy (non-hydrogen) atoms. The van der Waals surface area contributed by atoms with Crippen LogP contribution in [0.15, 0.2) is 24.3 Å². The highest BCUT2D eigenvalue weighted by Crippen LogP contribution is 2.20. The van der Waals surface area contributed by atoms with E-state index in [-0.39, 0.29) is 6.42 Å². The van der Waals surface area contributed by atoms with Crippen molar-refractivity contribution in [2.24, 2.45) is 0 Å². The fraction of sp³-hybridized carbons (Fsp3) is 0.385. The van der Waals surface area contributed by atoms with Gasteiger partial charge >= 0.3 is 5.97 Å². The van der Waals surface area contributed by atoms with Gasteiger partial charge in [-0.15, -0.1) is 5.10 Å². The number of anilines is 1. The van der Waals surface area contributed by atoms with E-state index in [2.05, 4.69) is 15.5 Å². The molecule has 0 bridgehead atoms. The molecule has 0 aliphatic heterocycles. The average molecular weight is 275 g/mol. The van der Waals surface area contributed by atoms with E-state index >= 15 is 0 Å². The highest BCUT2D eigenvalue weighted by Gasteiger charge is 2.09. The van der Waals surface area contributed by atoms with Gasteiger partial charge in [-0.25, -0.2) is 4.68 Å². The number of carboxylic acids is 1. The summed E-state index contributed by atoms with van der Waals surface area (Å²) in [5, 5.41) is 20.2. The van der Waals surface area contributed by atoms with Gasteiger partial charge in [-0.3, -0.25) is 4.79 Å². The number of hydrogen-bond donors (Lipinski definition) is 1. The summed E-state index contributed by atoms with van der Waals surface area (Å²) in [5.41, 5.74) is 2.01. The fourth-order valence-corrected chi connectivity index (χ4v) is 1.85. The van der Waals surface area contributed by atoms with Crippen molar-refractivity contribution in [2.45, 2.75) is 19.4 Å². The molecule has 0 aliphatic carbocycles. The summed E-state index contributed by atoms with van der Waals surface area (Å²) >= 11 is 0. The molecule has 1 aromatic heterocycles. The molecule has 0 aliphatic rings. The zero-order chi connectivity index (χ0) is 14.5. The second-order valence-corrected chi connectivity index (χ2v) is 4.66. The number of tetrazole rings is 1. The van der Waals surface area contributed by atoms with Gasteiger partial charge in [0.2, 0.25) is 0 Å². The van der Waals surface area contributed by atoms with Crippen LogP contribution in [-0.2, 0) is 11.3 Å². The van der Waals surface area contributed by atoms with Crippen molar-refractivity contribution < 1.29 is 9.90 Å². The van der Waals surface area contributed by atoms with Crippen LogP contribution in [0, 0.1) is 0 Å². The maximum atomic E-state index is 10.5. The van der Waals surface area contributed by atoms with Gasteiger partial charge in [-0.05, 0) is 41.1 Å². The van der Waals surface area contributed by atoms with Crippen molar-refractivity contribution in [2.75, 3.05) is 19.0 Å². The molecule has 1 heterocycles. The first-order valence-electron chi connectivity index (χ1n) is 6.33. The third-order valence-corrected chi connectivity index (χ3v) is 2.93. The van der Waals surface area contributed by atoms with Gasteiger partial charge in [0, 0.05) is 38.3 Å². The van der Waals surface area contributed by atoms with Gasteiger partial charge in [0.1, 0.15) is 0 Å². The van der Waals surface area contributed by atoms with Crippen LogP contribution in [0.4, 0.5) is 5.69 Å². The molecule has 1 N–H and O–H groups in total. The fourth-order valence-electron chi connectivity index (χ4n) is 1.85. The lowest BCUT2D eigenvalue weighted by Crippen LogP contribution is -2.08. The van der Waals surface area contributed by atoms with Crippen LogP contribution in [0.5, 0.6) is 0 Å². The van der Waals surface area contributed by atoms with Crippen molar-refractivity contribution in [3.05, 3.63) is 24.3 Å². The quantitative estimate of drug-likeness (QED) is 0.854. The number of hydrogen-bond acceptors (Lipinski definition) is 5. The Morgan fingerprint density at radius 1 is 1.30 bits per heavy atom. The van der Waals surface area contributed by atoms with Gasteiger partial charge in [0.15, 0.2) is 5.82 Å². The lowest BCUT2D eigenvalue weighted by atomic mass is 10.2. The first-order chi connectivity index (χ1) is 9.58. The number of carboxylic acid groups (broad SMARTS) is 1. The highest BCUT2D eigenvalue weighted by atomic mass is 16.4. The topological polar surface area (TPSA) is 84.1 Å². The smallest absolute Gasteiger partial charge is 0.303 e. The number of aromatic nitrogens is 4. The molecule has 7 heteroatoms. The molecule has 0 unspecified atom stereocenters. The summed E-state index contributed by atoms with van der Waals surface area (Å²) in [7, 11) is 3.95. The molecule has 2 rings (SSSR count). The van der Waals surface area contributed by atoms with E-state index in [4.69, 9.17) is 5.11 Å². The summed E-state index contributed by atoms with van der Waals surface area (Å²) in [4.78, 5) is 12.5. The zero-order valence-corrected chi connectivity index (χ0v) is 11.5. The third kappa shape index (κ3) is 3.31. The van der Waals surface area contributed by atoms with Gasteiger partial charge in [0.05, 0.1) is 0 Å². The van der Waals surface area contributed by atoms with E-state index in [9.17, 15) is 4.79 Å². The number of aryl methyl sites for hydroxylation is 1. The van der Waals surface area contributed by atoms with E-state index in [0.717, 1.165) is 11.3 Å².